The van der Waals surface area contributed by atoms with Gasteiger partial charge in [-0.15, -0.1) is 0 Å². The van der Waals surface area contributed by atoms with Crippen molar-refractivity contribution in [3.63, 3.8) is 0 Å². The molecule has 1 aromatic heterocycles. The number of aliphatic imine (C=N–C) groups is 1. The number of allylic oxidation sites excluding steroid dienone is 1. The van der Waals surface area contributed by atoms with E-state index in [2.05, 4.69) is 60.8 Å². The van der Waals surface area contributed by atoms with Gasteiger partial charge in [-0.2, -0.15) is 4.99 Å². The fourth-order valence-corrected chi connectivity index (χ4v) is 10.4. The third-order valence-corrected chi connectivity index (χ3v) is 14.0. The number of benzene rings is 2. The number of halogens is 2. The first-order valence-electron chi connectivity index (χ1n) is 22.7. The summed E-state index contributed by atoms with van der Waals surface area (Å²) in [5.74, 6) is -3.27. The van der Waals surface area contributed by atoms with E-state index in [1.54, 1.807) is 19.2 Å². The smallest absolute Gasteiger partial charge is 0.280 e. The molecule has 4 amide bonds. The minimum Gasteiger partial charge on any atom is -0.479 e. The van der Waals surface area contributed by atoms with Gasteiger partial charge in [0.2, 0.25) is 23.7 Å². The maximum absolute atomic E-state index is 15.3. The lowest BCUT2D eigenvalue weighted by molar-refractivity contribution is -0.150. The highest BCUT2D eigenvalue weighted by atomic mass is 19.1. The van der Waals surface area contributed by atoms with Crippen LogP contribution in [0.3, 0.4) is 0 Å². The maximum atomic E-state index is 15.3. The van der Waals surface area contributed by atoms with Crippen molar-refractivity contribution in [2.24, 2.45) is 22.2 Å². The van der Waals surface area contributed by atoms with Gasteiger partial charge in [-0.05, 0) is 106 Å². The number of aryl methyl sites for hydroxylation is 1. The molecule has 0 saturated carbocycles. The van der Waals surface area contributed by atoms with Gasteiger partial charge in [0, 0.05) is 86.9 Å². The molecule has 4 fully saturated rings. The van der Waals surface area contributed by atoms with Crippen LogP contribution in [0.15, 0.2) is 53.3 Å². The largest absolute Gasteiger partial charge is 0.479 e. The number of guanidine groups is 1. The molecule has 2 bridgehead atoms. The Labute approximate surface area is 377 Å². The molecule has 0 aliphatic carbocycles. The van der Waals surface area contributed by atoms with Gasteiger partial charge in [-0.25, -0.2) is 8.78 Å². The molecule has 65 heavy (non-hydrogen) atoms. The molecule has 9 rings (SSSR count). The third kappa shape index (κ3) is 8.94. The lowest BCUT2D eigenvalue weighted by Gasteiger charge is -2.54. The van der Waals surface area contributed by atoms with Crippen molar-refractivity contribution in [3.05, 3.63) is 88.1 Å². The van der Waals surface area contributed by atoms with Crippen molar-refractivity contribution in [1.82, 2.24) is 25.4 Å². The van der Waals surface area contributed by atoms with Crippen LogP contribution >= 0.6 is 0 Å². The second kappa shape index (κ2) is 18.0. The molecule has 6 aliphatic heterocycles. The van der Waals surface area contributed by atoms with Crippen LogP contribution in [-0.4, -0.2) is 110 Å². The molecule has 3 atom stereocenters. The summed E-state index contributed by atoms with van der Waals surface area (Å²) in [6, 6.07) is 12.2. The lowest BCUT2D eigenvalue weighted by Crippen LogP contribution is -2.62. The van der Waals surface area contributed by atoms with Crippen LogP contribution in [0.4, 0.5) is 25.8 Å². The van der Waals surface area contributed by atoms with Gasteiger partial charge in [-0.3, -0.25) is 34.4 Å². The number of anilines is 3. The SMILES string of the molecule is CN/C1=C(\C=N)c2cc(cc(C)n2)C(=O)/N=C2\Nc3ccc(CN4CCC5(CC4)CN(C(=O)[C@@H]4CCN(c6cc(F)c([C@H]7CCC(=O)NC7=O)c(F)c6)C4)C5)cc3N2C[C@H](C)CCCO1. The van der Waals surface area contributed by atoms with Gasteiger partial charge >= 0.3 is 0 Å². The normalized spacial score (nSPS) is 25.6. The summed E-state index contributed by atoms with van der Waals surface area (Å²) in [5, 5.41) is 16.8. The van der Waals surface area contributed by atoms with Crippen molar-refractivity contribution >= 4 is 58.4 Å². The van der Waals surface area contributed by atoms with Crippen LogP contribution < -0.4 is 25.8 Å². The lowest BCUT2D eigenvalue weighted by atomic mass is 9.71. The first kappa shape index (κ1) is 44.0. The molecule has 3 aromatic rings. The Morgan fingerprint density at radius 3 is 2.49 bits per heavy atom. The maximum Gasteiger partial charge on any atom is 0.280 e. The molecule has 342 valence electrons. The van der Waals surface area contributed by atoms with E-state index in [0.29, 0.717) is 85.8 Å². The highest BCUT2D eigenvalue weighted by Crippen LogP contribution is 2.43. The topological polar surface area (TPSA) is 176 Å². The van der Waals surface area contributed by atoms with Crippen molar-refractivity contribution < 1.29 is 32.7 Å². The summed E-state index contributed by atoms with van der Waals surface area (Å²) in [6.07, 6.45) is 5.49. The van der Waals surface area contributed by atoms with Crippen molar-refractivity contribution in [3.8, 4) is 0 Å². The van der Waals surface area contributed by atoms with Gasteiger partial charge in [0.25, 0.3) is 5.91 Å². The summed E-state index contributed by atoms with van der Waals surface area (Å²) in [7, 11) is 1.74. The number of nitrogens with zero attached hydrogens (tertiary/aromatic N) is 6. The molecule has 1 spiro atoms. The Hall–Kier alpha value is -6.23. The molecule has 2 aromatic carbocycles. The summed E-state index contributed by atoms with van der Waals surface area (Å²) in [6.45, 7) is 9.96. The minimum atomic E-state index is -1.06. The van der Waals surface area contributed by atoms with Gasteiger partial charge in [0.15, 0.2) is 5.88 Å². The number of nitrogens with one attached hydrogen (secondary N) is 4. The van der Waals surface area contributed by atoms with Crippen molar-refractivity contribution in [1.29, 1.82) is 5.41 Å². The summed E-state index contributed by atoms with van der Waals surface area (Å²) in [5.41, 5.74) is 5.04. The fraction of sp³-hybridized carbons (Fsp3) is 0.479. The van der Waals surface area contributed by atoms with Gasteiger partial charge < -0.3 is 35.5 Å². The predicted molar refractivity (Wildman–Crippen MR) is 243 cm³/mol. The molecular formula is C48H56F2N10O5. The van der Waals surface area contributed by atoms with Gasteiger partial charge in [0.1, 0.15) is 11.6 Å². The number of hydrogen-bond acceptors (Lipinski definition) is 12. The highest BCUT2D eigenvalue weighted by molar-refractivity contribution is 6.19. The number of carbonyl (C=O) groups excluding carboxylic acids is 4. The third-order valence-electron chi connectivity index (χ3n) is 14.0. The second-order valence-electron chi connectivity index (χ2n) is 18.7. The number of pyridine rings is 1. The first-order chi connectivity index (χ1) is 31.3. The molecule has 4 N–H and O–H groups in total. The summed E-state index contributed by atoms with van der Waals surface area (Å²) >= 11 is 0. The number of aromatic nitrogens is 1. The second-order valence-corrected chi connectivity index (χ2v) is 18.7. The fourth-order valence-electron chi connectivity index (χ4n) is 10.4. The van der Waals surface area contributed by atoms with E-state index < -0.39 is 35.3 Å². The number of piperidine rings is 2. The van der Waals surface area contributed by atoms with Crippen LogP contribution in [0.1, 0.15) is 90.7 Å². The average Bonchev–Trinajstić information content (AvgIpc) is 3.89. The zero-order valence-corrected chi connectivity index (χ0v) is 37.1. The molecule has 17 heteroatoms. The Morgan fingerprint density at radius 2 is 1.77 bits per heavy atom. The van der Waals surface area contributed by atoms with Crippen LogP contribution in [-0.2, 0) is 25.7 Å². The first-order valence-corrected chi connectivity index (χ1v) is 22.7. The molecule has 15 nitrogen and oxygen atoms in total. The number of amides is 4. The Morgan fingerprint density at radius 1 is 1.00 bits per heavy atom. The van der Waals surface area contributed by atoms with Gasteiger partial charge in [-0.1, -0.05) is 13.0 Å². The van der Waals surface area contributed by atoms with Crippen LogP contribution in [0, 0.1) is 41.2 Å². The van der Waals surface area contributed by atoms with Crippen molar-refractivity contribution in [2.75, 3.05) is 74.6 Å². The van der Waals surface area contributed by atoms with E-state index in [1.807, 2.05) is 16.7 Å². The van der Waals surface area contributed by atoms with Crippen LogP contribution in [0.5, 0.6) is 0 Å². The van der Waals surface area contributed by atoms with E-state index >= 15 is 8.78 Å². The van der Waals surface area contributed by atoms with Gasteiger partial charge in [0.05, 0.1) is 41.1 Å². The molecule has 6 aliphatic rings. The predicted octanol–water partition coefficient (Wildman–Crippen LogP) is 5.55. The number of fused-ring (bicyclic) bond motifs is 5. The quantitative estimate of drug-likeness (QED) is 0.173. The molecule has 4 saturated heterocycles. The zero-order chi connectivity index (χ0) is 45.6. The number of ether oxygens (including phenoxy) is 1. The average molecular weight is 891 g/mol. The van der Waals surface area contributed by atoms with E-state index in [9.17, 15) is 19.2 Å². The minimum absolute atomic E-state index is 0.0258. The van der Waals surface area contributed by atoms with E-state index in [-0.39, 0.29) is 41.6 Å². The van der Waals surface area contributed by atoms with E-state index in [0.717, 1.165) is 62.3 Å². The zero-order valence-electron chi connectivity index (χ0n) is 37.1. The molecule has 0 unspecified atom stereocenters. The number of imide groups is 1. The molecular weight excluding hydrogens is 835 g/mol. The van der Waals surface area contributed by atoms with Crippen LogP contribution in [0.2, 0.25) is 0 Å². The molecule has 0 radical (unpaired) electrons. The Balaban J connectivity index is 0.810. The highest BCUT2D eigenvalue weighted by Gasteiger charge is 2.48. The van der Waals surface area contributed by atoms with E-state index in [4.69, 9.17) is 10.1 Å². The number of likely N-dealkylation sites (tertiary alicyclic amines) is 2. The summed E-state index contributed by atoms with van der Waals surface area (Å²) < 4.78 is 36.7. The van der Waals surface area contributed by atoms with E-state index in [1.165, 1.54) is 18.3 Å². The molecule has 7 heterocycles. The standard InChI is InChI=1S/C48H56F2N10O5/c1-28-5-4-16-65-45(52-3)35(22-51)39-19-32(17-29(2)53-39)43(62)56-47-54-38-8-6-30(18-40(38)60(47)23-28)24-57-14-11-48(12-15-57)26-59(27-48)46(64)31-10-13-58(25-31)33-20-36(49)42(37(50)21-33)34-7-9-41(61)55-44(34)63/h6,8,17-22,28,31,34,51-52H,4-5,7,9-16,23-27H2,1-3H3,(H,54,56,62)(H,55,61,63)/b45-35-,51-22?/t28-,31-,34-/m1/s1. The number of carbonyl (C=O) groups is 4. The number of rotatable bonds is 7. The summed E-state index contributed by atoms with van der Waals surface area (Å²) in [4.78, 5) is 69.0. The number of hydrogen-bond donors (Lipinski definition) is 4. The van der Waals surface area contributed by atoms with Crippen molar-refractivity contribution in [2.45, 2.75) is 71.3 Å². The Bertz CT molecular complexity index is 2470. The van der Waals surface area contributed by atoms with Crippen LogP contribution in [0.25, 0.3) is 5.57 Å². The monoisotopic (exact) mass is 890 g/mol. The Kier molecular flexibility index (Phi) is 12.2.